The van der Waals surface area contributed by atoms with Gasteiger partial charge in [-0.1, -0.05) is 24.3 Å². The zero-order chi connectivity index (χ0) is 16.5. The van der Waals surface area contributed by atoms with Crippen LogP contribution in [0.3, 0.4) is 0 Å². The molecule has 24 heavy (non-hydrogen) atoms. The molecule has 0 radical (unpaired) electrons. The number of carbonyl (C=O) groups excluding carboxylic acids is 1. The summed E-state index contributed by atoms with van der Waals surface area (Å²) < 4.78 is 2.25. The lowest BCUT2D eigenvalue weighted by molar-refractivity contribution is 0.0706. The summed E-state index contributed by atoms with van der Waals surface area (Å²) in [4.78, 5) is 19.7. The lowest BCUT2D eigenvalue weighted by Gasteiger charge is -2.32. The summed E-state index contributed by atoms with van der Waals surface area (Å²) in [5, 5.41) is 1.16. The maximum atomic E-state index is 12.9. The van der Waals surface area contributed by atoms with Crippen LogP contribution in [0.1, 0.15) is 34.1 Å². The number of halogens is 1. The average molecular weight is 448 g/mol. The summed E-state index contributed by atoms with van der Waals surface area (Å²) in [5.74, 6) is 0.493. The first-order chi connectivity index (χ1) is 11.7. The van der Waals surface area contributed by atoms with Crippen LogP contribution in [-0.2, 0) is 0 Å². The number of likely N-dealkylation sites (tertiary alicyclic amines) is 1. The molecule has 2 aromatic carbocycles. The van der Waals surface area contributed by atoms with Crippen molar-refractivity contribution in [3.63, 3.8) is 0 Å². The van der Waals surface area contributed by atoms with Crippen molar-refractivity contribution in [2.45, 2.75) is 18.8 Å². The van der Waals surface area contributed by atoms with Crippen LogP contribution in [0.5, 0.6) is 0 Å². The number of hydrogen-bond acceptors (Lipinski definition) is 3. The smallest absolute Gasteiger partial charge is 0.254 e. The second kappa shape index (κ2) is 6.80. The molecule has 0 unspecified atom stereocenters. The van der Waals surface area contributed by atoms with Crippen LogP contribution in [0.4, 0.5) is 0 Å². The Morgan fingerprint density at radius 3 is 2.79 bits per heavy atom. The minimum atomic E-state index is 0.144. The van der Waals surface area contributed by atoms with Gasteiger partial charge in [0.1, 0.15) is 0 Å². The highest BCUT2D eigenvalue weighted by Gasteiger charge is 2.28. The number of rotatable bonds is 2. The van der Waals surface area contributed by atoms with Crippen LogP contribution in [0.15, 0.2) is 48.5 Å². The minimum Gasteiger partial charge on any atom is -0.338 e. The SMILES string of the molecule is O=C(c1ccccc1I)N1CCC[C@@H](c2nc3ccccc3s2)C1. The number of amides is 1. The molecule has 3 aromatic rings. The first-order valence-corrected chi connectivity index (χ1v) is 10.0. The van der Waals surface area contributed by atoms with Crippen molar-refractivity contribution >= 4 is 50.1 Å². The van der Waals surface area contributed by atoms with E-state index in [1.54, 1.807) is 11.3 Å². The fraction of sp³-hybridized carbons (Fsp3) is 0.263. The molecule has 1 saturated heterocycles. The maximum Gasteiger partial charge on any atom is 0.254 e. The summed E-state index contributed by atoms with van der Waals surface area (Å²) in [6, 6.07) is 16.1. The van der Waals surface area contributed by atoms with Gasteiger partial charge in [-0.05, 0) is 59.7 Å². The van der Waals surface area contributed by atoms with Crippen molar-refractivity contribution in [1.29, 1.82) is 0 Å². The van der Waals surface area contributed by atoms with Gasteiger partial charge in [0.25, 0.3) is 5.91 Å². The summed E-state index contributed by atoms with van der Waals surface area (Å²) in [6.07, 6.45) is 2.14. The van der Waals surface area contributed by atoms with Crippen LogP contribution in [0.25, 0.3) is 10.2 Å². The van der Waals surface area contributed by atoms with E-state index in [1.165, 1.54) is 4.70 Å². The van der Waals surface area contributed by atoms with Gasteiger partial charge in [0.05, 0.1) is 20.8 Å². The maximum absolute atomic E-state index is 12.9. The first kappa shape index (κ1) is 16.0. The largest absolute Gasteiger partial charge is 0.338 e. The van der Waals surface area contributed by atoms with Gasteiger partial charge in [0.15, 0.2) is 0 Å². The predicted molar refractivity (Wildman–Crippen MR) is 107 cm³/mol. The Balaban J connectivity index is 1.57. The molecule has 5 heteroatoms. The van der Waals surface area contributed by atoms with Gasteiger partial charge in [-0.15, -0.1) is 11.3 Å². The highest BCUT2D eigenvalue weighted by Crippen LogP contribution is 2.33. The normalized spacial score (nSPS) is 18.0. The molecular weight excluding hydrogens is 431 g/mol. The van der Waals surface area contributed by atoms with Crippen molar-refractivity contribution in [2.75, 3.05) is 13.1 Å². The van der Waals surface area contributed by atoms with Gasteiger partial charge < -0.3 is 4.90 Å². The van der Waals surface area contributed by atoms with E-state index in [0.29, 0.717) is 5.92 Å². The van der Waals surface area contributed by atoms with Crippen LogP contribution >= 0.6 is 33.9 Å². The van der Waals surface area contributed by atoms with Crippen molar-refractivity contribution in [3.05, 3.63) is 62.7 Å². The average Bonchev–Trinajstić information content (AvgIpc) is 3.06. The fourth-order valence-corrected chi connectivity index (χ4v) is 4.94. The molecule has 122 valence electrons. The van der Waals surface area contributed by atoms with Crippen molar-refractivity contribution in [1.82, 2.24) is 9.88 Å². The second-order valence-corrected chi connectivity index (χ2v) is 8.31. The number of benzene rings is 2. The molecule has 0 aliphatic carbocycles. The van der Waals surface area contributed by atoms with Crippen LogP contribution in [0.2, 0.25) is 0 Å². The zero-order valence-electron chi connectivity index (χ0n) is 13.1. The number of carbonyl (C=O) groups is 1. The third kappa shape index (κ3) is 3.07. The molecule has 0 saturated carbocycles. The van der Waals surface area contributed by atoms with Gasteiger partial charge in [0.2, 0.25) is 0 Å². The predicted octanol–water partition coefficient (Wildman–Crippen LogP) is 4.92. The molecule has 4 rings (SSSR count). The number of piperidine rings is 1. The van der Waals surface area contributed by atoms with Gasteiger partial charge in [-0.3, -0.25) is 4.79 Å². The molecule has 1 aliphatic heterocycles. The van der Waals surface area contributed by atoms with Gasteiger partial charge in [0, 0.05) is 22.6 Å². The monoisotopic (exact) mass is 448 g/mol. The number of para-hydroxylation sites is 1. The van der Waals surface area contributed by atoms with Crippen LogP contribution in [0, 0.1) is 3.57 Å². The number of hydrogen-bond donors (Lipinski definition) is 0. The summed E-state index contributed by atoms with van der Waals surface area (Å²) in [7, 11) is 0. The Kier molecular flexibility index (Phi) is 4.54. The Morgan fingerprint density at radius 2 is 1.96 bits per heavy atom. The lowest BCUT2D eigenvalue weighted by atomic mass is 9.98. The minimum absolute atomic E-state index is 0.144. The van der Waals surface area contributed by atoms with E-state index < -0.39 is 0 Å². The molecule has 1 fully saturated rings. The number of thiazole rings is 1. The highest BCUT2D eigenvalue weighted by atomic mass is 127. The summed E-state index contributed by atoms with van der Waals surface area (Å²) in [6.45, 7) is 1.61. The molecule has 1 aliphatic rings. The highest BCUT2D eigenvalue weighted by molar-refractivity contribution is 14.1. The topological polar surface area (TPSA) is 33.2 Å². The molecule has 2 heterocycles. The zero-order valence-corrected chi connectivity index (χ0v) is 16.1. The second-order valence-electron chi connectivity index (χ2n) is 6.09. The molecule has 3 nitrogen and oxygen atoms in total. The van der Waals surface area contributed by atoms with E-state index in [0.717, 1.165) is 45.6 Å². The third-order valence-corrected chi connectivity index (χ3v) is 6.61. The van der Waals surface area contributed by atoms with Gasteiger partial charge >= 0.3 is 0 Å². The van der Waals surface area contributed by atoms with Crippen molar-refractivity contribution in [2.24, 2.45) is 0 Å². The van der Waals surface area contributed by atoms with Gasteiger partial charge in [-0.25, -0.2) is 4.98 Å². The molecule has 1 amide bonds. The van der Waals surface area contributed by atoms with Crippen LogP contribution in [-0.4, -0.2) is 28.9 Å². The van der Waals surface area contributed by atoms with E-state index in [4.69, 9.17) is 4.98 Å². The molecular formula is C19H17IN2OS. The summed E-state index contributed by atoms with van der Waals surface area (Å²) >= 11 is 4.01. The van der Waals surface area contributed by atoms with E-state index in [9.17, 15) is 4.79 Å². The Hall–Kier alpha value is -1.47. The number of nitrogens with zero attached hydrogens (tertiary/aromatic N) is 2. The third-order valence-electron chi connectivity index (χ3n) is 4.47. The lowest BCUT2D eigenvalue weighted by Crippen LogP contribution is -2.39. The molecule has 0 bridgehead atoms. The quantitative estimate of drug-likeness (QED) is 0.522. The van der Waals surface area contributed by atoms with E-state index >= 15 is 0 Å². The summed E-state index contributed by atoms with van der Waals surface area (Å²) in [5.41, 5.74) is 1.88. The number of aromatic nitrogens is 1. The molecule has 0 N–H and O–H groups in total. The van der Waals surface area contributed by atoms with E-state index in [1.807, 2.05) is 35.2 Å². The van der Waals surface area contributed by atoms with E-state index in [-0.39, 0.29) is 5.91 Å². The van der Waals surface area contributed by atoms with E-state index in [2.05, 4.69) is 40.8 Å². The molecule has 1 aromatic heterocycles. The molecule has 1 atom stereocenters. The fourth-order valence-electron chi connectivity index (χ4n) is 3.23. The molecule has 0 spiro atoms. The Morgan fingerprint density at radius 1 is 1.17 bits per heavy atom. The van der Waals surface area contributed by atoms with Gasteiger partial charge in [-0.2, -0.15) is 0 Å². The number of fused-ring (bicyclic) bond motifs is 1. The Bertz CT molecular complexity index is 859. The van der Waals surface area contributed by atoms with Crippen molar-refractivity contribution in [3.8, 4) is 0 Å². The first-order valence-electron chi connectivity index (χ1n) is 8.11. The van der Waals surface area contributed by atoms with Crippen molar-refractivity contribution < 1.29 is 4.79 Å². The standard InChI is InChI=1S/C19H17IN2OS/c20-15-8-2-1-7-14(15)19(23)22-11-5-6-13(12-22)18-21-16-9-3-4-10-17(16)24-18/h1-4,7-10,13H,5-6,11-12H2/t13-/m1/s1. The Labute approximate surface area is 158 Å². The van der Waals surface area contributed by atoms with Crippen LogP contribution < -0.4 is 0 Å².